The quantitative estimate of drug-likeness (QED) is 0.884. The lowest BCUT2D eigenvalue weighted by Crippen LogP contribution is -2.14. The fourth-order valence-corrected chi connectivity index (χ4v) is 3.10. The average Bonchev–Trinajstić information content (AvgIpc) is 2.91. The van der Waals surface area contributed by atoms with Gasteiger partial charge in [-0.2, -0.15) is 10.2 Å². The molecule has 0 spiro atoms. The van der Waals surface area contributed by atoms with Gasteiger partial charge < -0.3 is 5.11 Å². The largest absolute Gasteiger partial charge is 0.382 e. The first kappa shape index (κ1) is 16.5. The van der Waals surface area contributed by atoms with E-state index in [-0.39, 0.29) is 12.0 Å². The minimum absolute atomic E-state index is 0.138. The summed E-state index contributed by atoms with van der Waals surface area (Å²) in [5.74, 6) is 0.169. The van der Waals surface area contributed by atoms with Crippen LogP contribution in [-0.4, -0.2) is 24.7 Å². The van der Waals surface area contributed by atoms with Gasteiger partial charge in [-0.15, -0.1) is 0 Å². The second-order valence-corrected chi connectivity index (χ2v) is 6.90. The highest BCUT2D eigenvalue weighted by atomic mass is 79.9. The van der Waals surface area contributed by atoms with Gasteiger partial charge in [0.05, 0.1) is 22.1 Å². The molecule has 0 saturated heterocycles. The molecule has 2 aromatic heterocycles. The highest BCUT2D eigenvalue weighted by Crippen LogP contribution is 2.37. The Labute approximate surface area is 138 Å². The molecule has 0 radical (unpaired) electrons. The zero-order chi connectivity index (χ0) is 15.9. The molecule has 7 heteroatoms. The summed E-state index contributed by atoms with van der Waals surface area (Å²) in [5.41, 5.74) is 2.15. The molecule has 0 bridgehead atoms. The van der Waals surface area contributed by atoms with E-state index in [4.69, 9.17) is 11.6 Å². The Hall–Kier alpha value is -0.850. The third-order valence-electron chi connectivity index (χ3n) is 3.40. The van der Waals surface area contributed by atoms with Gasteiger partial charge in [-0.05, 0) is 35.7 Å². The van der Waals surface area contributed by atoms with Crippen molar-refractivity contribution in [3.8, 4) is 0 Å². The van der Waals surface area contributed by atoms with Crippen LogP contribution in [0.4, 0.5) is 0 Å². The smallest absolute Gasteiger partial charge is 0.133 e. The Morgan fingerprint density at radius 1 is 1.29 bits per heavy atom. The number of hydrogen-bond acceptors (Lipinski definition) is 3. The summed E-state index contributed by atoms with van der Waals surface area (Å²) in [6.07, 6.45) is 0.820. The van der Waals surface area contributed by atoms with Crippen LogP contribution in [0, 0.1) is 0 Å². The van der Waals surface area contributed by atoms with Crippen LogP contribution in [0.25, 0.3) is 0 Å². The molecule has 0 aliphatic heterocycles. The summed E-state index contributed by atoms with van der Waals surface area (Å²) in [4.78, 5) is 0. The number of halogens is 2. The summed E-state index contributed by atoms with van der Waals surface area (Å²) >= 11 is 9.81. The van der Waals surface area contributed by atoms with Gasteiger partial charge in [0.15, 0.2) is 0 Å². The van der Waals surface area contributed by atoms with Gasteiger partial charge in [-0.1, -0.05) is 25.4 Å². The highest BCUT2D eigenvalue weighted by Gasteiger charge is 2.29. The molecule has 0 aliphatic rings. The molecule has 2 heterocycles. The lowest BCUT2D eigenvalue weighted by atomic mass is 10.0. The number of aliphatic hydroxyl groups excluding tert-OH is 1. The number of nitrogens with zero attached hydrogens (tertiary/aromatic N) is 4. The van der Waals surface area contributed by atoms with E-state index in [0.717, 1.165) is 10.2 Å². The molecule has 2 aromatic rings. The van der Waals surface area contributed by atoms with E-state index in [0.29, 0.717) is 16.4 Å². The van der Waals surface area contributed by atoms with E-state index >= 15 is 0 Å². The zero-order valence-corrected chi connectivity index (χ0v) is 15.1. The van der Waals surface area contributed by atoms with Crippen molar-refractivity contribution in [1.82, 2.24) is 19.6 Å². The van der Waals surface area contributed by atoms with Gasteiger partial charge in [-0.25, -0.2) is 0 Å². The molecule has 21 heavy (non-hydrogen) atoms. The van der Waals surface area contributed by atoms with E-state index in [1.165, 1.54) is 0 Å². The van der Waals surface area contributed by atoms with E-state index < -0.39 is 6.10 Å². The van der Waals surface area contributed by atoms with Gasteiger partial charge in [0.1, 0.15) is 11.3 Å². The average molecular weight is 376 g/mol. The van der Waals surface area contributed by atoms with Crippen LogP contribution < -0.4 is 0 Å². The molecule has 0 saturated carbocycles. The standard InChI is InChI=1S/C14H20BrClN4O/c1-7(2)11-10(14(16)19(5)18-11)13(21)12-9(15)6-17-20(12)8(3)4/h6-8,13,21H,1-5H3. The minimum atomic E-state index is -0.872. The Morgan fingerprint density at radius 3 is 2.43 bits per heavy atom. The van der Waals surface area contributed by atoms with Crippen molar-refractivity contribution in [3.63, 3.8) is 0 Å². The third-order valence-corrected chi connectivity index (χ3v) is 4.45. The van der Waals surface area contributed by atoms with Crippen molar-refractivity contribution in [3.05, 3.63) is 32.8 Å². The lowest BCUT2D eigenvalue weighted by molar-refractivity contribution is 0.203. The molecule has 1 unspecified atom stereocenters. The van der Waals surface area contributed by atoms with Gasteiger partial charge in [-0.3, -0.25) is 9.36 Å². The topological polar surface area (TPSA) is 55.9 Å². The van der Waals surface area contributed by atoms with Gasteiger partial charge in [0.2, 0.25) is 0 Å². The van der Waals surface area contributed by atoms with Crippen molar-refractivity contribution in [2.75, 3.05) is 0 Å². The summed E-state index contributed by atoms with van der Waals surface area (Å²) in [6.45, 7) is 8.10. The Bertz CT molecular complexity index is 648. The number of aliphatic hydroxyl groups is 1. The van der Waals surface area contributed by atoms with Gasteiger partial charge in [0, 0.05) is 18.7 Å². The maximum atomic E-state index is 10.9. The molecule has 5 nitrogen and oxygen atoms in total. The molecular formula is C14H20BrClN4O. The van der Waals surface area contributed by atoms with Crippen LogP contribution >= 0.6 is 27.5 Å². The van der Waals surface area contributed by atoms with Crippen molar-refractivity contribution < 1.29 is 5.11 Å². The van der Waals surface area contributed by atoms with E-state index in [2.05, 4.69) is 26.1 Å². The highest BCUT2D eigenvalue weighted by molar-refractivity contribution is 9.10. The molecule has 1 atom stereocenters. The summed E-state index contributed by atoms with van der Waals surface area (Å²) in [5, 5.41) is 20.1. The molecular weight excluding hydrogens is 356 g/mol. The van der Waals surface area contributed by atoms with Crippen LogP contribution in [0.5, 0.6) is 0 Å². The number of hydrogen-bond donors (Lipinski definition) is 1. The molecule has 2 rings (SSSR count). The lowest BCUT2D eigenvalue weighted by Gasteiger charge is -2.18. The van der Waals surface area contributed by atoms with E-state index in [9.17, 15) is 5.11 Å². The van der Waals surface area contributed by atoms with Gasteiger partial charge >= 0.3 is 0 Å². The van der Waals surface area contributed by atoms with Crippen molar-refractivity contribution in [2.45, 2.75) is 45.8 Å². The predicted octanol–water partition coefficient (Wildman–Crippen LogP) is 3.82. The predicted molar refractivity (Wildman–Crippen MR) is 86.7 cm³/mol. The van der Waals surface area contributed by atoms with Crippen LogP contribution in [0.15, 0.2) is 10.7 Å². The first-order valence-corrected chi connectivity index (χ1v) is 8.06. The third kappa shape index (κ3) is 2.89. The Kier molecular flexibility index (Phi) is 4.80. The summed E-state index contributed by atoms with van der Waals surface area (Å²) in [6, 6.07) is 0.138. The fourth-order valence-electron chi connectivity index (χ4n) is 2.37. The normalized spacial score (nSPS) is 13.4. The van der Waals surface area contributed by atoms with Crippen molar-refractivity contribution in [2.24, 2.45) is 7.05 Å². The van der Waals surface area contributed by atoms with Crippen LogP contribution in [0.3, 0.4) is 0 Å². The van der Waals surface area contributed by atoms with Crippen LogP contribution in [-0.2, 0) is 7.05 Å². The van der Waals surface area contributed by atoms with Gasteiger partial charge in [0.25, 0.3) is 0 Å². The number of aromatic nitrogens is 4. The maximum absolute atomic E-state index is 10.9. The minimum Gasteiger partial charge on any atom is -0.382 e. The number of aryl methyl sites for hydroxylation is 1. The molecule has 0 aromatic carbocycles. The summed E-state index contributed by atoms with van der Waals surface area (Å²) in [7, 11) is 1.78. The Morgan fingerprint density at radius 2 is 1.90 bits per heavy atom. The number of rotatable bonds is 4. The second-order valence-electron chi connectivity index (χ2n) is 5.69. The Balaban J connectivity index is 2.60. The fraction of sp³-hybridized carbons (Fsp3) is 0.571. The van der Waals surface area contributed by atoms with Crippen LogP contribution in [0.1, 0.15) is 62.7 Å². The first-order chi connectivity index (χ1) is 9.75. The second kappa shape index (κ2) is 6.10. The molecule has 1 N–H and O–H groups in total. The maximum Gasteiger partial charge on any atom is 0.133 e. The molecule has 0 aliphatic carbocycles. The zero-order valence-electron chi connectivity index (χ0n) is 12.8. The molecule has 0 amide bonds. The van der Waals surface area contributed by atoms with Crippen LogP contribution in [0.2, 0.25) is 5.15 Å². The molecule has 0 fully saturated rings. The van der Waals surface area contributed by atoms with E-state index in [1.54, 1.807) is 22.6 Å². The SMILES string of the molecule is CC(C)c1nn(C)c(Cl)c1C(O)c1c(Br)cnn1C(C)C. The van der Waals surface area contributed by atoms with E-state index in [1.807, 2.05) is 27.7 Å². The van der Waals surface area contributed by atoms with Crippen molar-refractivity contribution in [1.29, 1.82) is 0 Å². The monoisotopic (exact) mass is 374 g/mol. The first-order valence-electron chi connectivity index (χ1n) is 6.88. The summed E-state index contributed by atoms with van der Waals surface area (Å²) < 4.78 is 4.15. The van der Waals surface area contributed by atoms with Crippen molar-refractivity contribution >= 4 is 27.5 Å². The molecule has 116 valence electrons.